The summed E-state index contributed by atoms with van der Waals surface area (Å²) in [4.78, 5) is 11.6. The van der Waals surface area contributed by atoms with Gasteiger partial charge in [0.15, 0.2) is 0 Å². The molecule has 1 aromatic carbocycles. The van der Waals surface area contributed by atoms with Crippen molar-refractivity contribution in [3.63, 3.8) is 0 Å². The normalized spacial score (nSPS) is 13.7. The van der Waals surface area contributed by atoms with Gasteiger partial charge in [0.1, 0.15) is 0 Å². The second-order valence-corrected chi connectivity index (χ2v) is 5.26. The van der Waals surface area contributed by atoms with Gasteiger partial charge >= 0.3 is 18.4 Å². The van der Waals surface area contributed by atoms with Crippen LogP contribution in [0.1, 0.15) is 36.7 Å². The van der Waals surface area contributed by atoms with Crippen LogP contribution in [0.15, 0.2) is 29.4 Å². The number of nitrogens with zero attached hydrogens (tertiary/aromatic N) is 1. The maximum Gasteiger partial charge on any atom is 0.449 e. The number of carbonyl (C=O) groups is 1. The molecule has 1 rings (SSSR count). The number of esters is 1. The number of hydrogen-bond acceptors (Lipinski definition) is 4. The van der Waals surface area contributed by atoms with Gasteiger partial charge in [-0.3, -0.25) is 0 Å². The Labute approximate surface area is 114 Å². The van der Waals surface area contributed by atoms with Crippen LogP contribution in [0.5, 0.6) is 0 Å². The molecule has 20 heavy (non-hydrogen) atoms. The molecule has 0 heterocycles. The van der Waals surface area contributed by atoms with Crippen LogP contribution in [-0.2, 0) is 10.2 Å². The molecule has 1 atom stereocenters. The lowest BCUT2D eigenvalue weighted by molar-refractivity contribution is -0.204. The molecule has 0 aromatic heterocycles. The van der Waals surface area contributed by atoms with Crippen LogP contribution in [0.3, 0.4) is 0 Å². The minimum atomic E-state index is -4.89. The summed E-state index contributed by atoms with van der Waals surface area (Å²) in [5, 5.41) is 2.26. The largest absolute Gasteiger partial charge is 0.449 e. The second-order valence-electron chi connectivity index (χ2n) is 5.26. The molecular formula is C13H15F3N2O2. The van der Waals surface area contributed by atoms with Gasteiger partial charge in [-0.2, -0.15) is 13.2 Å². The predicted molar refractivity (Wildman–Crippen MR) is 65.5 cm³/mol. The Bertz CT molecular complexity index is 490. The third-order valence-corrected chi connectivity index (χ3v) is 2.60. The predicted octanol–water partition coefficient (Wildman–Crippen LogP) is 4.06. The SMILES string of the molecule is CC(C)(C)c1ccc(C(=O)OC(N=N)C(F)(F)F)cc1. The van der Waals surface area contributed by atoms with E-state index in [2.05, 4.69) is 9.85 Å². The minimum Gasteiger partial charge on any atom is -0.424 e. The van der Waals surface area contributed by atoms with E-state index in [1.807, 2.05) is 20.8 Å². The van der Waals surface area contributed by atoms with Gasteiger partial charge in [-0.25, -0.2) is 10.3 Å². The molecule has 7 heteroatoms. The first-order chi connectivity index (χ1) is 9.05. The lowest BCUT2D eigenvalue weighted by atomic mass is 9.87. The van der Waals surface area contributed by atoms with E-state index in [0.717, 1.165) is 5.56 Å². The maximum atomic E-state index is 12.3. The van der Waals surface area contributed by atoms with Crippen LogP contribution < -0.4 is 0 Å². The fourth-order valence-corrected chi connectivity index (χ4v) is 1.44. The van der Waals surface area contributed by atoms with Crippen molar-refractivity contribution in [1.82, 2.24) is 0 Å². The lowest BCUT2D eigenvalue weighted by Gasteiger charge is -2.19. The fourth-order valence-electron chi connectivity index (χ4n) is 1.44. The van der Waals surface area contributed by atoms with Crippen LogP contribution in [0, 0.1) is 5.53 Å². The molecule has 0 bridgehead atoms. The standard InChI is InChI=1S/C13H15F3N2O2/c1-12(2,3)9-6-4-8(5-7-9)10(19)20-11(18-17)13(14,15)16/h4-7,11,17H,1-3H3. The summed E-state index contributed by atoms with van der Waals surface area (Å²) in [5.74, 6) is -1.16. The second kappa shape index (κ2) is 5.60. The quantitative estimate of drug-likeness (QED) is 0.673. The molecule has 0 aliphatic heterocycles. The van der Waals surface area contributed by atoms with E-state index >= 15 is 0 Å². The van der Waals surface area contributed by atoms with Gasteiger partial charge in [0.2, 0.25) is 0 Å². The van der Waals surface area contributed by atoms with Crippen molar-refractivity contribution in [3.05, 3.63) is 35.4 Å². The van der Waals surface area contributed by atoms with E-state index in [0.29, 0.717) is 0 Å². The molecule has 4 nitrogen and oxygen atoms in total. The Morgan fingerprint density at radius 3 is 2.05 bits per heavy atom. The van der Waals surface area contributed by atoms with E-state index in [9.17, 15) is 18.0 Å². The Morgan fingerprint density at radius 2 is 1.70 bits per heavy atom. The summed E-state index contributed by atoms with van der Waals surface area (Å²) in [6, 6.07) is 6.08. The molecule has 0 aliphatic rings. The Balaban J connectivity index is 2.86. The molecular weight excluding hydrogens is 273 g/mol. The number of nitrogens with one attached hydrogen (secondary N) is 1. The highest BCUT2D eigenvalue weighted by Crippen LogP contribution is 2.26. The van der Waals surface area contributed by atoms with Gasteiger partial charge in [-0.1, -0.05) is 32.9 Å². The Hall–Kier alpha value is -1.92. The van der Waals surface area contributed by atoms with Crippen molar-refractivity contribution in [2.24, 2.45) is 5.11 Å². The van der Waals surface area contributed by atoms with E-state index in [4.69, 9.17) is 5.53 Å². The first-order valence-electron chi connectivity index (χ1n) is 5.80. The first-order valence-corrected chi connectivity index (χ1v) is 5.80. The molecule has 0 saturated carbocycles. The summed E-state index contributed by atoms with van der Waals surface area (Å²) < 4.78 is 41.1. The van der Waals surface area contributed by atoms with Gasteiger partial charge in [0.05, 0.1) is 5.56 Å². The van der Waals surface area contributed by atoms with E-state index in [1.165, 1.54) is 12.1 Å². The van der Waals surface area contributed by atoms with E-state index in [-0.39, 0.29) is 11.0 Å². The summed E-state index contributed by atoms with van der Waals surface area (Å²) in [5.41, 5.74) is 7.20. The third kappa shape index (κ3) is 4.04. The van der Waals surface area contributed by atoms with E-state index in [1.54, 1.807) is 12.1 Å². The topological polar surface area (TPSA) is 62.5 Å². The van der Waals surface area contributed by atoms with Crippen LogP contribution in [0.4, 0.5) is 13.2 Å². The van der Waals surface area contributed by atoms with Gasteiger partial charge in [0.25, 0.3) is 0 Å². The molecule has 110 valence electrons. The molecule has 1 unspecified atom stereocenters. The molecule has 0 saturated heterocycles. The number of carbonyl (C=O) groups excluding carboxylic acids is 1. The molecule has 0 amide bonds. The molecule has 0 spiro atoms. The van der Waals surface area contributed by atoms with Crippen molar-refractivity contribution in [2.75, 3.05) is 0 Å². The minimum absolute atomic E-state index is 0.0177. The van der Waals surface area contributed by atoms with Crippen LogP contribution in [0.2, 0.25) is 0 Å². The fraction of sp³-hybridized carbons (Fsp3) is 0.462. The average Bonchev–Trinajstić information content (AvgIpc) is 2.33. The smallest absolute Gasteiger partial charge is 0.424 e. The van der Waals surface area contributed by atoms with Crippen molar-refractivity contribution < 1.29 is 22.7 Å². The highest BCUT2D eigenvalue weighted by molar-refractivity contribution is 5.89. The molecule has 0 fully saturated rings. The van der Waals surface area contributed by atoms with Crippen molar-refractivity contribution >= 4 is 5.97 Å². The third-order valence-electron chi connectivity index (χ3n) is 2.60. The van der Waals surface area contributed by atoms with Crippen molar-refractivity contribution in [3.8, 4) is 0 Å². The van der Waals surface area contributed by atoms with Gasteiger partial charge in [-0.05, 0) is 23.1 Å². The number of ether oxygens (including phenoxy) is 1. The first kappa shape index (κ1) is 16.1. The van der Waals surface area contributed by atoms with Gasteiger partial charge in [-0.15, -0.1) is 5.11 Å². The monoisotopic (exact) mass is 288 g/mol. The van der Waals surface area contributed by atoms with Crippen LogP contribution >= 0.6 is 0 Å². The number of hydrogen-bond donors (Lipinski definition) is 1. The Morgan fingerprint density at radius 1 is 1.20 bits per heavy atom. The molecule has 0 aliphatic carbocycles. The molecule has 0 radical (unpaired) electrons. The number of alkyl halides is 3. The van der Waals surface area contributed by atoms with Gasteiger partial charge < -0.3 is 4.74 Å². The van der Waals surface area contributed by atoms with Crippen molar-refractivity contribution in [1.29, 1.82) is 5.53 Å². The number of rotatable bonds is 3. The lowest BCUT2D eigenvalue weighted by Crippen LogP contribution is -2.31. The molecule has 1 N–H and O–H groups in total. The summed E-state index contributed by atoms with van der Waals surface area (Å²) in [7, 11) is 0. The zero-order valence-corrected chi connectivity index (χ0v) is 11.3. The highest BCUT2D eigenvalue weighted by atomic mass is 19.4. The number of halogens is 3. The van der Waals surface area contributed by atoms with Crippen LogP contribution in [0.25, 0.3) is 0 Å². The summed E-state index contributed by atoms with van der Waals surface area (Å²) >= 11 is 0. The zero-order chi connectivity index (χ0) is 15.6. The maximum absolute atomic E-state index is 12.3. The Kier molecular flexibility index (Phi) is 4.52. The zero-order valence-electron chi connectivity index (χ0n) is 11.3. The van der Waals surface area contributed by atoms with Gasteiger partial charge in [0, 0.05) is 0 Å². The average molecular weight is 288 g/mol. The highest BCUT2D eigenvalue weighted by Gasteiger charge is 2.43. The van der Waals surface area contributed by atoms with E-state index < -0.39 is 18.4 Å². The summed E-state index contributed by atoms with van der Waals surface area (Å²) in [6.45, 7) is 5.91. The summed E-state index contributed by atoms with van der Waals surface area (Å²) in [6.07, 6.45) is -7.65. The molecule has 1 aromatic rings. The number of benzene rings is 1. The van der Waals surface area contributed by atoms with Crippen LogP contribution in [-0.4, -0.2) is 18.4 Å². The van der Waals surface area contributed by atoms with Crippen molar-refractivity contribution in [2.45, 2.75) is 38.6 Å².